The first-order valence-electron chi connectivity index (χ1n) is 5.95. The predicted molar refractivity (Wildman–Crippen MR) is 79.3 cm³/mol. The van der Waals surface area contributed by atoms with Crippen molar-refractivity contribution in [3.8, 4) is 0 Å². The minimum Gasteiger partial charge on any atom is -0.319 e. The fourth-order valence-electron chi connectivity index (χ4n) is 1.98. The molecule has 0 fully saturated rings. The predicted octanol–water partition coefficient (Wildman–Crippen LogP) is 3.28. The van der Waals surface area contributed by atoms with Gasteiger partial charge in [0, 0.05) is 10.9 Å². The zero-order valence-electron chi connectivity index (χ0n) is 10.1. The molecule has 19 heavy (non-hydrogen) atoms. The van der Waals surface area contributed by atoms with Crippen molar-refractivity contribution in [2.24, 2.45) is 0 Å². The maximum Gasteiger partial charge on any atom is 0.270 e. The molecule has 0 spiro atoms. The van der Waals surface area contributed by atoms with E-state index in [1.165, 1.54) is 0 Å². The van der Waals surface area contributed by atoms with Crippen LogP contribution in [0.2, 0.25) is 0 Å². The molecule has 4 heteroatoms. The molecule has 0 aliphatic heterocycles. The normalized spacial score (nSPS) is 10.8. The number of rotatable bonds is 2. The number of fused-ring (bicyclic) bond motifs is 1. The van der Waals surface area contributed by atoms with Crippen molar-refractivity contribution in [3.63, 3.8) is 0 Å². The largest absolute Gasteiger partial charge is 0.319 e. The van der Waals surface area contributed by atoms with Gasteiger partial charge in [-0.3, -0.25) is 4.79 Å². The molecule has 1 aromatic heterocycles. The van der Waals surface area contributed by atoms with E-state index in [0.717, 1.165) is 21.1 Å². The number of hydrogen-bond acceptors (Lipinski definition) is 2. The van der Waals surface area contributed by atoms with Crippen LogP contribution >= 0.6 is 15.9 Å². The number of aromatic nitrogens is 2. The second-order valence-corrected chi connectivity index (χ2v) is 5.25. The fraction of sp³-hybridized carbons (Fsp3) is 0.0667. The van der Waals surface area contributed by atoms with E-state index in [9.17, 15) is 4.79 Å². The molecule has 0 bridgehead atoms. The molecule has 1 N–H and O–H groups in total. The van der Waals surface area contributed by atoms with Crippen LogP contribution in [0.5, 0.6) is 0 Å². The van der Waals surface area contributed by atoms with E-state index in [1.807, 2.05) is 48.5 Å². The average molecular weight is 315 g/mol. The third-order valence-electron chi connectivity index (χ3n) is 2.95. The van der Waals surface area contributed by atoms with E-state index in [1.54, 1.807) is 0 Å². The molecule has 3 rings (SSSR count). The first-order valence-corrected chi connectivity index (χ1v) is 6.74. The molecule has 0 radical (unpaired) electrons. The summed E-state index contributed by atoms with van der Waals surface area (Å²) in [4.78, 5) is 19.3. The van der Waals surface area contributed by atoms with Crippen LogP contribution in [0.4, 0.5) is 0 Å². The summed E-state index contributed by atoms with van der Waals surface area (Å²) in [5.41, 5.74) is 3.07. The Balaban J connectivity index is 2.03. The lowest BCUT2D eigenvalue weighted by Gasteiger charge is -2.03. The zero-order chi connectivity index (χ0) is 13.2. The number of aromatic amines is 1. The van der Waals surface area contributed by atoms with Crippen molar-refractivity contribution in [2.75, 3.05) is 0 Å². The topological polar surface area (TPSA) is 45.8 Å². The molecule has 0 saturated carbocycles. The minimum atomic E-state index is -0.124. The van der Waals surface area contributed by atoms with Crippen molar-refractivity contribution in [3.05, 3.63) is 74.6 Å². The van der Waals surface area contributed by atoms with Crippen molar-refractivity contribution in [1.29, 1.82) is 0 Å². The minimum absolute atomic E-state index is 0.124. The molecule has 94 valence electrons. The molecule has 2 aromatic carbocycles. The Bertz CT molecular complexity index is 778. The lowest BCUT2D eigenvalue weighted by molar-refractivity contribution is 1.03. The van der Waals surface area contributed by atoms with Crippen LogP contribution in [0.3, 0.4) is 0 Å². The van der Waals surface area contributed by atoms with Gasteiger partial charge in [0.25, 0.3) is 5.56 Å². The summed E-state index contributed by atoms with van der Waals surface area (Å²) in [5, 5.41) is 0. The Kier molecular flexibility index (Phi) is 3.17. The summed E-state index contributed by atoms with van der Waals surface area (Å²) in [7, 11) is 0. The highest BCUT2D eigenvalue weighted by Gasteiger charge is 2.05. The third kappa shape index (κ3) is 2.58. The summed E-state index contributed by atoms with van der Waals surface area (Å²) in [6.45, 7) is 0. The molecule has 0 amide bonds. The maximum atomic E-state index is 12.0. The Morgan fingerprint density at radius 2 is 1.79 bits per heavy atom. The van der Waals surface area contributed by atoms with Crippen LogP contribution in [0, 0.1) is 0 Å². The molecule has 0 aliphatic carbocycles. The molecule has 0 aliphatic rings. The lowest BCUT2D eigenvalue weighted by Crippen LogP contribution is -2.15. The first kappa shape index (κ1) is 12.1. The van der Waals surface area contributed by atoms with Gasteiger partial charge in [-0.15, -0.1) is 0 Å². The summed E-state index contributed by atoms with van der Waals surface area (Å²) in [6, 6.07) is 15.4. The SMILES string of the molecule is O=c1[nH]c2ccccc2nc1Cc1ccc(Br)cc1. The number of nitrogens with zero attached hydrogens (tertiary/aromatic N) is 1. The third-order valence-corrected chi connectivity index (χ3v) is 3.48. The van der Waals surface area contributed by atoms with Gasteiger partial charge >= 0.3 is 0 Å². The van der Waals surface area contributed by atoms with Crippen LogP contribution in [0.1, 0.15) is 11.3 Å². The molecule has 0 saturated heterocycles. The van der Waals surface area contributed by atoms with Gasteiger partial charge in [-0.25, -0.2) is 4.98 Å². The van der Waals surface area contributed by atoms with Crippen LogP contribution < -0.4 is 5.56 Å². The monoisotopic (exact) mass is 314 g/mol. The molecular weight excluding hydrogens is 304 g/mol. The van der Waals surface area contributed by atoms with Gasteiger partial charge in [0.1, 0.15) is 5.69 Å². The van der Waals surface area contributed by atoms with Crippen molar-refractivity contribution in [1.82, 2.24) is 9.97 Å². The van der Waals surface area contributed by atoms with E-state index in [-0.39, 0.29) is 5.56 Å². The van der Waals surface area contributed by atoms with Gasteiger partial charge in [0.15, 0.2) is 0 Å². The van der Waals surface area contributed by atoms with E-state index < -0.39 is 0 Å². The van der Waals surface area contributed by atoms with Crippen LogP contribution in [0.15, 0.2) is 57.8 Å². The lowest BCUT2D eigenvalue weighted by atomic mass is 10.1. The van der Waals surface area contributed by atoms with Crippen LogP contribution in [-0.2, 0) is 6.42 Å². The van der Waals surface area contributed by atoms with E-state index >= 15 is 0 Å². The number of hydrogen-bond donors (Lipinski definition) is 1. The maximum absolute atomic E-state index is 12.0. The number of nitrogens with one attached hydrogen (secondary N) is 1. The Morgan fingerprint density at radius 1 is 1.05 bits per heavy atom. The fourth-order valence-corrected chi connectivity index (χ4v) is 2.25. The molecule has 0 unspecified atom stereocenters. The van der Waals surface area contributed by atoms with Gasteiger partial charge in [0.2, 0.25) is 0 Å². The average Bonchev–Trinajstić information content (AvgIpc) is 2.42. The summed E-state index contributed by atoms with van der Waals surface area (Å²) in [6.07, 6.45) is 0.535. The van der Waals surface area contributed by atoms with Crippen molar-refractivity contribution < 1.29 is 0 Å². The quantitative estimate of drug-likeness (QED) is 0.789. The highest BCUT2D eigenvalue weighted by Crippen LogP contribution is 2.13. The Hall–Kier alpha value is -1.94. The standard InChI is InChI=1S/C15H11BrN2O/c16-11-7-5-10(6-8-11)9-14-15(19)18-13-4-2-1-3-12(13)17-14/h1-8H,9H2,(H,18,19). The summed E-state index contributed by atoms with van der Waals surface area (Å²) < 4.78 is 1.02. The van der Waals surface area contributed by atoms with Crippen molar-refractivity contribution in [2.45, 2.75) is 6.42 Å². The van der Waals surface area contributed by atoms with Crippen LogP contribution in [0.25, 0.3) is 11.0 Å². The molecule has 1 heterocycles. The van der Waals surface area contributed by atoms with E-state index in [0.29, 0.717) is 12.1 Å². The smallest absolute Gasteiger partial charge is 0.270 e. The highest BCUT2D eigenvalue weighted by atomic mass is 79.9. The Morgan fingerprint density at radius 3 is 2.58 bits per heavy atom. The second-order valence-electron chi connectivity index (χ2n) is 4.33. The van der Waals surface area contributed by atoms with Crippen molar-refractivity contribution >= 4 is 27.0 Å². The molecule has 0 atom stereocenters. The van der Waals surface area contributed by atoms with E-state index in [4.69, 9.17) is 0 Å². The van der Waals surface area contributed by atoms with Gasteiger partial charge in [-0.2, -0.15) is 0 Å². The van der Waals surface area contributed by atoms with Gasteiger partial charge in [-0.1, -0.05) is 40.2 Å². The molecule has 3 aromatic rings. The Labute approximate surface area is 118 Å². The number of benzene rings is 2. The van der Waals surface area contributed by atoms with Gasteiger partial charge in [0.05, 0.1) is 11.0 Å². The van der Waals surface area contributed by atoms with E-state index in [2.05, 4.69) is 25.9 Å². The first-order chi connectivity index (χ1) is 9.22. The highest BCUT2D eigenvalue weighted by molar-refractivity contribution is 9.10. The second kappa shape index (κ2) is 4.97. The van der Waals surface area contributed by atoms with Gasteiger partial charge in [-0.05, 0) is 29.8 Å². The number of halogens is 1. The molecular formula is C15H11BrN2O. The number of para-hydroxylation sites is 2. The molecule has 3 nitrogen and oxygen atoms in total. The van der Waals surface area contributed by atoms with Crippen LogP contribution in [-0.4, -0.2) is 9.97 Å². The zero-order valence-corrected chi connectivity index (χ0v) is 11.6. The number of H-pyrrole nitrogens is 1. The summed E-state index contributed by atoms with van der Waals surface area (Å²) >= 11 is 3.39. The van der Waals surface area contributed by atoms with Gasteiger partial charge < -0.3 is 4.98 Å². The summed E-state index contributed by atoms with van der Waals surface area (Å²) in [5.74, 6) is 0.